The molecule has 1 N–H and O–H groups in total. The highest BCUT2D eigenvalue weighted by molar-refractivity contribution is 5.93. The van der Waals surface area contributed by atoms with Gasteiger partial charge in [0.15, 0.2) is 0 Å². The van der Waals surface area contributed by atoms with Crippen LogP contribution in [-0.4, -0.2) is 53.8 Å². The summed E-state index contributed by atoms with van der Waals surface area (Å²) in [7, 11) is 0. The number of halogens is 1. The number of unbranched alkanes of at least 4 members (excludes halogenated alkanes) is 1. The van der Waals surface area contributed by atoms with Gasteiger partial charge in [-0.2, -0.15) is 5.10 Å². The molecular formula is C24H27FN4O2. The SMILES string of the molecule is CCCCOc1ccccc1-c1cc(C(=O)N2CCN(c3ccc(F)cc3)CC2)[nH]n1. The summed E-state index contributed by atoms with van der Waals surface area (Å²) in [6, 6.07) is 16.0. The van der Waals surface area contributed by atoms with Crippen molar-refractivity contribution in [2.75, 3.05) is 37.7 Å². The largest absolute Gasteiger partial charge is 0.493 e. The van der Waals surface area contributed by atoms with Crippen LogP contribution >= 0.6 is 0 Å². The van der Waals surface area contributed by atoms with Gasteiger partial charge in [-0.05, 0) is 48.9 Å². The number of aromatic amines is 1. The first-order chi connectivity index (χ1) is 15.2. The molecule has 0 radical (unpaired) electrons. The molecule has 0 saturated carbocycles. The van der Waals surface area contributed by atoms with Gasteiger partial charge in [0.2, 0.25) is 0 Å². The molecule has 31 heavy (non-hydrogen) atoms. The van der Waals surface area contributed by atoms with E-state index in [2.05, 4.69) is 22.0 Å². The van der Waals surface area contributed by atoms with Crippen LogP contribution in [0.4, 0.5) is 10.1 Å². The third kappa shape index (κ3) is 4.87. The number of carbonyl (C=O) groups excluding carboxylic acids is 1. The van der Waals surface area contributed by atoms with Gasteiger partial charge in [-0.15, -0.1) is 0 Å². The van der Waals surface area contributed by atoms with E-state index in [9.17, 15) is 9.18 Å². The predicted octanol–water partition coefficient (Wildman–Crippen LogP) is 4.36. The van der Waals surface area contributed by atoms with Gasteiger partial charge < -0.3 is 14.5 Å². The summed E-state index contributed by atoms with van der Waals surface area (Å²) in [6.45, 7) is 5.38. The molecule has 3 aromatic rings. The molecule has 7 heteroatoms. The lowest BCUT2D eigenvalue weighted by molar-refractivity contribution is 0.0741. The number of hydrogen-bond acceptors (Lipinski definition) is 4. The van der Waals surface area contributed by atoms with Crippen molar-refractivity contribution < 1.29 is 13.9 Å². The first kappa shape index (κ1) is 20.9. The Bertz CT molecular complexity index is 1010. The second-order valence-electron chi connectivity index (χ2n) is 7.62. The van der Waals surface area contributed by atoms with E-state index in [1.165, 1.54) is 12.1 Å². The molecule has 2 heterocycles. The van der Waals surface area contributed by atoms with Gasteiger partial charge in [0, 0.05) is 37.4 Å². The number of H-pyrrole nitrogens is 1. The number of carbonyl (C=O) groups is 1. The Morgan fingerprint density at radius 2 is 1.84 bits per heavy atom. The fourth-order valence-corrected chi connectivity index (χ4v) is 3.69. The first-order valence-corrected chi connectivity index (χ1v) is 10.7. The number of anilines is 1. The summed E-state index contributed by atoms with van der Waals surface area (Å²) < 4.78 is 19.0. The minimum atomic E-state index is -0.245. The van der Waals surface area contributed by atoms with Crippen molar-refractivity contribution in [1.29, 1.82) is 0 Å². The summed E-state index contributed by atoms with van der Waals surface area (Å²) in [5.74, 6) is 0.459. The first-order valence-electron chi connectivity index (χ1n) is 10.7. The average Bonchev–Trinajstić information content (AvgIpc) is 3.30. The number of aromatic nitrogens is 2. The lowest BCUT2D eigenvalue weighted by Gasteiger charge is -2.35. The monoisotopic (exact) mass is 422 g/mol. The van der Waals surface area contributed by atoms with Crippen molar-refractivity contribution in [3.63, 3.8) is 0 Å². The molecule has 1 aromatic heterocycles. The van der Waals surface area contributed by atoms with Crippen LogP contribution in [0.1, 0.15) is 30.3 Å². The second kappa shape index (κ2) is 9.64. The van der Waals surface area contributed by atoms with Crippen molar-refractivity contribution in [2.24, 2.45) is 0 Å². The van der Waals surface area contributed by atoms with Gasteiger partial charge in [-0.1, -0.05) is 25.5 Å². The molecule has 0 aliphatic carbocycles. The Kier molecular flexibility index (Phi) is 6.50. The lowest BCUT2D eigenvalue weighted by atomic mass is 10.1. The zero-order valence-electron chi connectivity index (χ0n) is 17.7. The van der Waals surface area contributed by atoms with Crippen molar-refractivity contribution in [2.45, 2.75) is 19.8 Å². The minimum absolute atomic E-state index is 0.0677. The molecule has 1 aliphatic heterocycles. The number of hydrogen-bond donors (Lipinski definition) is 1. The summed E-state index contributed by atoms with van der Waals surface area (Å²) >= 11 is 0. The normalized spacial score (nSPS) is 14.0. The van der Waals surface area contributed by atoms with E-state index in [1.54, 1.807) is 18.2 Å². The number of benzene rings is 2. The van der Waals surface area contributed by atoms with Gasteiger partial charge in [0.05, 0.1) is 12.3 Å². The van der Waals surface area contributed by atoms with Crippen LogP contribution in [0.5, 0.6) is 5.75 Å². The van der Waals surface area contributed by atoms with Gasteiger partial charge in [-0.3, -0.25) is 9.89 Å². The highest BCUT2D eigenvalue weighted by Crippen LogP contribution is 2.29. The molecule has 1 aliphatic rings. The fourth-order valence-electron chi connectivity index (χ4n) is 3.69. The predicted molar refractivity (Wildman–Crippen MR) is 119 cm³/mol. The van der Waals surface area contributed by atoms with Crippen LogP contribution < -0.4 is 9.64 Å². The summed E-state index contributed by atoms with van der Waals surface area (Å²) in [5.41, 5.74) is 3.00. The number of nitrogens with zero attached hydrogens (tertiary/aromatic N) is 3. The lowest BCUT2D eigenvalue weighted by Crippen LogP contribution is -2.48. The molecule has 0 spiro atoms. The Labute approximate surface area is 181 Å². The van der Waals surface area contributed by atoms with Crippen molar-refractivity contribution in [3.05, 3.63) is 66.1 Å². The third-order valence-electron chi connectivity index (χ3n) is 5.49. The molecule has 6 nitrogen and oxygen atoms in total. The van der Waals surface area contributed by atoms with Crippen molar-refractivity contribution in [1.82, 2.24) is 15.1 Å². The number of ether oxygens (including phenoxy) is 1. The number of para-hydroxylation sites is 1. The average molecular weight is 423 g/mol. The quantitative estimate of drug-likeness (QED) is 0.575. The smallest absolute Gasteiger partial charge is 0.272 e. The Morgan fingerprint density at radius 1 is 1.10 bits per heavy atom. The zero-order valence-corrected chi connectivity index (χ0v) is 17.7. The maximum atomic E-state index is 13.1. The molecule has 4 rings (SSSR count). The van der Waals surface area contributed by atoms with E-state index in [1.807, 2.05) is 29.2 Å². The molecule has 1 amide bonds. The molecule has 0 unspecified atom stereocenters. The van der Waals surface area contributed by atoms with Crippen LogP contribution in [0.15, 0.2) is 54.6 Å². The Balaban J connectivity index is 1.41. The molecule has 1 fully saturated rings. The van der Waals surface area contributed by atoms with E-state index in [4.69, 9.17) is 4.74 Å². The standard InChI is InChI=1S/C24H27FN4O2/c1-2-3-16-31-23-7-5-4-6-20(23)21-17-22(27-26-21)24(30)29-14-12-28(13-15-29)19-10-8-18(25)9-11-19/h4-11,17H,2-3,12-16H2,1H3,(H,26,27). The number of nitrogens with one attached hydrogen (secondary N) is 1. The molecule has 1 saturated heterocycles. The topological polar surface area (TPSA) is 61.5 Å². The van der Waals surface area contributed by atoms with Crippen molar-refractivity contribution in [3.8, 4) is 17.0 Å². The van der Waals surface area contributed by atoms with Gasteiger partial charge in [-0.25, -0.2) is 4.39 Å². The summed E-state index contributed by atoms with van der Waals surface area (Å²) in [6.07, 6.45) is 2.06. The number of amides is 1. The maximum absolute atomic E-state index is 13.1. The van der Waals surface area contributed by atoms with E-state index in [0.717, 1.165) is 29.8 Å². The van der Waals surface area contributed by atoms with Crippen LogP contribution in [-0.2, 0) is 0 Å². The molecule has 0 atom stereocenters. The number of piperazine rings is 1. The summed E-state index contributed by atoms with van der Waals surface area (Å²) in [4.78, 5) is 17.0. The van der Waals surface area contributed by atoms with Crippen LogP contribution in [0.3, 0.4) is 0 Å². The highest BCUT2D eigenvalue weighted by atomic mass is 19.1. The van der Waals surface area contributed by atoms with Crippen molar-refractivity contribution >= 4 is 11.6 Å². The summed E-state index contributed by atoms with van der Waals surface area (Å²) in [5, 5.41) is 7.26. The highest BCUT2D eigenvalue weighted by Gasteiger charge is 2.24. The third-order valence-corrected chi connectivity index (χ3v) is 5.49. The Morgan fingerprint density at radius 3 is 2.58 bits per heavy atom. The maximum Gasteiger partial charge on any atom is 0.272 e. The van der Waals surface area contributed by atoms with Crippen LogP contribution in [0, 0.1) is 5.82 Å². The molecular weight excluding hydrogens is 395 g/mol. The van der Waals surface area contributed by atoms with Crippen LogP contribution in [0.25, 0.3) is 11.3 Å². The number of rotatable bonds is 7. The fraction of sp³-hybridized carbons (Fsp3) is 0.333. The molecule has 2 aromatic carbocycles. The van der Waals surface area contributed by atoms with Gasteiger partial charge >= 0.3 is 0 Å². The molecule has 0 bridgehead atoms. The molecule has 162 valence electrons. The van der Waals surface area contributed by atoms with E-state index in [0.29, 0.717) is 44.2 Å². The Hall–Kier alpha value is -3.35. The van der Waals surface area contributed by atoms with Gasteiger partial charge in [0.25, 0.3) is 5.91 Å². The van der Waals surface area contributed by atoms with E-state index < -0.39 is 0 Å². The van der Waals surface area contributed by atoms with E-state index in [-0.39, 0.29) is 11.7 Å². The second-order valence-corrected chi connectivity index (χ2v) is 7.62. The minimum Gasteiger partial charge on any atom is -0.493 e. The van der Waals surface area contributed by atoms with Gasteiger partial charge in [0.1, 0.15) is 17.3 Å². The zero-order chi connectivity index (χ0) is 21.6. The van der Waals surface area contributed by atoms with E-state index >= 15 is 0 Å². The van der Waals surface area contributed by atoms with Crippen LogP contribution in [0.2, 0.25) is 0 Å².